The summed E-state index contributed by atoms with van der Waals surface area (Å²) in [5.74, 6) is -0.406. The van der Waals surface area contributed by atoms with Gasteiger partial charge in [0.1, 0.15) is 5.60 Å². The van der Waals surface area contributed by atoms with Crippen molar-refractivity contribution in [3.63, 3.8) is 0 Å². The topological polar surface area (TPSA) is 77.0 Å². The maximum absolute atomic E-state index is 11.2. The predicted molar refractivity (Wildman–Crippen MR) is 52.4 cm³/mol. The number of carbonyl (C=O) groups excluding carboxylic acids is 2. The first-order chi connectivity index (χ1) is 6.87. The lowest BCUT2D eigenvalue weighted by atomic mass is 10.2. The summed E-state index contributed by atoms with van der Waals surface area (Å²) < 4.78 is 4.99. The lowest BCUT2D eigenvalue weighted by Gasteiger charge is -2.19. The fraction of sp³-hybridized carbons (Fsp3) is 0.667. The molecule has 0 aromatic carbocycles. The van der Waals surface area contributed by atoms with Crippen molar-refractivity contribution >= 4 is 17.8 Å². The Bertz CT molecular complexity index is 304. The van der Waals surface area contributed by atoms with E-state index >= 15 is 0 Å². The summed E-state index contributed by atoms with van der Waals surface area (Å²) in [6.07, 6.45) is -0.417. The standard InChI is InChI=1S/C9H14N2O4/c1-9(2,3)14-8(13)10-5-6-4-7(12)15-11-6/h4-5H2,1-3H3,(H,10,13). The molecular weight excluding hydrogens is 200 g/mol. The van der Waals surface area contributed by atoms with Gasteiger partial charge in [-0.1, -0.05) is 5.16 Å². The van der Waals surface area contributed by atoms with Gasteiger partial charge in [0.25, 0.3) is 0 Å². The first-order valence-electron chi connectivity index (χ1n) is 4.59. The van der Waals surface area contributed by atoms with Crippen molar-refractivity contribution in [2.75, 3.05) is 6.54 Å². The van der Waals surface area contributed by atoms with Crippen molar-refractivity contribution in [1.82, 2.24) is 5.32 Å². The van der Waals surface area contributed by atoms with E-state index in [4.69, 9.17) is 4.74 Å². The summed E-state index contributed by atoms with van der Waals surface area (Å²) in [6, 6.07) is 0. The van der Waals surface area contributed by atoms with Crippen molar-refractivity contribution in [3.05, 3.63) is 0 Å². The Balaban J connectivity index is 2.26. The van der Waals surface area contributed by atoms with Crippen LogP contribution in [-0.4, -0.2) is 29.9 Å². The molecule has 1 amide bonds. The molecule has 84 valence electrons. The molecule has 1 N–H and O–H groups in total. The Morgan fingerprint density at radius 3 is 2.73 bits per heavy atom. The molecule has 0 aromatic heterocycles. The lowest BCUT2D eigenvalue weighted by molar-refractivity contribution is -0.140. The van der Waals surface area contributed by atoms with E-state index in [1.165, 1.54) is 0 Å². The molecule has 0 radical (unpaired) electrons. The zero-order chi connectivity index (χ0) is 11.5. The smallest absolute Gasteiger partial charge is 0.407 e. The fourth-order valence-corrected chi connectivity index (χ4v) is 0.930. The van der Waals surface area contributed by atoms with Gasteiger partial charge in [-0.2, -0.15) is 0 Å². The number of nitrogens with one attached hydrogen (secondary N) is 1. The molecule has 0 saturated carbocycles. The molecule has 6 nitrogen and oxygen atoms in total. The van der Waals surface area contributed by atoms with Gasteiger partial charge in [-0.3, -0.25) is 0 Å². The minimum absolute atomic E-state index is 0.121. The van der Waals surface area contributed by atoms with Gasteiger partial charge in [-0.25, -0.2) is 9.59 Å². The number of hydrogen-bond acceptors (Lipinski definition) is 5. The van der Waals surface area contributed by atoms with Crippen LogP contribution in [0, 0.1) is 0 Å². The molecule has 0 spiro atoms. The molecular formula is C9H14N2O4. The highest BCUT2D eigenvalue weighted by molar-refractivity contribution is 6.03. The third kappa shape index (κ3) is 4.44. The van der Waals surface area contributed by atoms with E-state index in [1.54, 1.807) is 20.8 Å². The molecule has 0 bridgehead atoms. The quantitative estimate of drug-likeness (QED) is 0.690. The summed E-state index contributed by atoms with van der Waals surface area (Å²) in [6.45, 7) is 5.48. The first-order valence-corrected chi connectivity index (χ1v) is 4.59. The molecule has 1 aliphatic heterocycles. The number of rotatable bonds is 2. The van der Waals surface area contributed by atoms with E-state index in [2.05, 4.69) is 15.3 Å². The van der Waals surface area contributed by atoms with Crippen LogP contribution >= 0.6 is 0 Å². The van der Waals surface area contributed by atoms with Gasteiger partial charge in [-0.05, 0) is 20.8 Å². The molecule has 0 aromatic rings. The highest BCUT2D eigenvalue weighted by Gasteiger charge is 2.20. The monoisotopic (exact) mass is 214 g/mol. The molecule has 1 rings (SSSR count). The Kier molecular flexibility index (Phi) is 3.28. The molecule has 0 saturated heterocycles. The Labute approximate surface area is 87.6 Å². The minimum Gasteiger partial charge on any atom is -0.444 e. The van der Waals surface area contributed by atoms with Gasteiger partial charge >= 0.3 is 12.1 Å². The van der Waals surface area contributed by atoms with Crippen molar-refractivity contribution in [2.24, 2.45) is 5.16 Å². The van der Waals surface area contributed by atoms with Crippen molar-refractivity contribution in [3.8, 4) is 0 Å². The van der Waals surface area contributed by atoms with Crippen LogP contribution in [0.4, 0.5) is 4.79 Å². The van der Waals surface area contributed by atoms with Crippen LogP contribution in [0.25, 0.3) is 0 Å². The van der Waals surface area contributed by atoms with Crippen molar-refractivity contribution in [2.45, 2.75) is 32.8 Å². The van der Waals surface area contributed by atoms with Gasteiger partial charge in [0.15, 0.2) is 0 Å². The highest BCUT2D eigenvalue weighted by Crippen LogP contribution is 2.06. The van der Waals surface area contributed by atoms with Gasteiger partial charge < -0.3 is 14.9 Å². The molecule has 0 atom stereocenters. The molecule has 15 heavy (non-hydrogen) atoms. The zero-order valence-electron chi connectivity index (χ0n) is 8.99. The van der Waals surface area contributed by atoms with E-state index in [0.29, 0.717) is 5.71 Å². The number of alkyl carbamates (subject to hydrolysis) is 1. The Morgan fingerprint density at radius 1 is 1.60 bits per heavy atom. The van der Waals surface area contributed by atoms with Crippen LogP contribution in [0.2, 0.25) is 0 Å². The summed E-state index contributed by atoms with van der Waals surface area (Å²) in [7, 11) is 0. The van der Waals surface area contributed by atoms with Crippen molar-refractivity contribution in [1.29, 1.82) is 0 Å². The third-order valence-corrected chi connectivity index (χ3v) is 1.46. The molecule has 1 aliphatic rings. The first kappa shape index (κ1) is 11.5. The highest BCUT2D eigenvalue weighted by atomic mass is 16.7. The van der Waals surface area contributed by atoms with Gasteiger partial charge in [0.05, 0.1) is 18.7 Å². The zero-order valence-corrected chi connectivity index (χ0v) is 8.99. The van der Waals surface area contributed by atoms with Gasteiger partial charge in [-0.15, -0.1) is 0 Å². The third-order valence-electron chi connectivity index (χ3n) is 1.46. The number of nitrogens with zero attached hydrogens (tertiary/aromatic N) is 1. The minimum atomic E-state index is -0.537. The molecule has 0 unspecified atom stereocenters. The molecule has 0 fully saturated rings. The number of hydrogen-bond donors (Lipinski definition) is 1. The van der Waals surface area contributed by atoms with Crippen LogP contribution in [0.15, 0.2) is 5.16 Å². The van der Waals surface area contributed by atoms with Crippen LogP contribution in [0.1, 0.15) is 27.2 Å². The molecule has 6 heteroatoms. The SMILES string of the molecule is CC(C)(C)OC(=O)NCC1=NOC(=O)C1. The van der Waals surface area contributed by atoms with Crippen LogP contribution in [0.3, 0.4) is 0 Å². The fourth-order valence-electron chi connectivity index (χ4n) is 0.930. The maximum atomic E-state index is 11.2. The summed E-state index contributed by atoms with van der Waals surface area (Å²) >= 11 is 0. The Hall–Kier alpha value is -1.59. The van der Waals surface area contributed by atoms with Gasteiger partial charge in [0, 0.05) is 0 Å². The van der Waals surface area contributed by atoms with Crippen LogP contribution in [0.5, 0.6) is 0 Å². The average Bonchev–Trinajstić information content (AvgIpc) is 2.45. The van der Waals surface area contributed by atoms with E-state index < -0.39 is 17.7 Å². The van der Waals surface area contributed by atoms with E-state index in [0.717, 1.165) is 0 Å². The van der Waals surface area contributed by atoms with Crippen LogP contribution < -0.4 is 5.32 Å². The second-order valence-corrected chi connectivity index (χ2v) is 4.15. The summed E-state index contributed by atoms with van der Waals surface area (Å²) in [4.78, 5) is 26.2. The lowest BCUT2D eigenvalue weighted by Crippen LogP contribution is -2.35. The van der Waals surface area contributed by atoms with E-state index in [9.17, 15) is 9.59 Å². The molecule has 0 aliphatic carbocycles. The second kappa shape index (κ2) is 4.29. The van der Waals surface area contributed by atoms with E-state index in [-0.39, 0.29) is 13.0 Å². The summed E-state index contributed by atoms with van der Waals surface area (Å²) in [5.41, 5.74) is -0.0423. The largest absolute Gasteiger partial charge is 0.444 e. The maximum Gasteiger partial charge on any atom is 0.407 e. The second-order valence-electron chi connectivity index (χ2n) is 4.15. The number of oxime groups is 1. The molecule has 1 heterocycles. The van der Waals surface area contributed by atoms with E-state index in [1.807, 2.05) is 0 Å². The average molecular weight is 214 g/mol. The number of amides is 1. The predicted octanol–water partition coefficient (Wildman–Crippen LogP) is 0.814. The Morgan fingerprint density at radius 2 is 2.27 bits per heavy atom. The van der Waals surface area contributed by atoms with Crippen LogP contribution in [-0.2, 0) is 14.4 Å². The number of carbonyl (C=O) groups is 2. The summed E-state index contributed by atoms with van der Waals surface area (Å²) in [5, 5.41) is 5.96. The normalized spacial score (nSPS) is 15.7. The van der Waals surface area contributed by atoms with Gasteiger partial charge in [0.2, 0.25) is 0 Å². The number of ether oxygens (including phenoxy) is 1. The van der Waals surface area contributed by atoms with Crippen molar-refractivity contribution < 1.29 is 19.2 Å².